The number of rotatable bonds is 4. The van der Waals surface area contributed by atoms with Crippen LogP contribution in [0.1, 0.15) is 11.1 Å². The van der Waals surface area contributed by atoms with Gasteiger partial charge in [0, 0.05) is 0 Å². The number of esters is 1. The Labute approximate surface area is 149 Å². The van der Waals surface area contributed by atoms with Gasteiger partial charge in [-0.1, -0.05) is 60.7 Å². The molecule has 0 unspecified atom stereocenters. The zero-order valence-corrected chi connectivity index (χ0v) is 14.3. The molecule has 0 aromatic heterocycles. The molecule has 2 aromatic carbocycles. The molecule has 0 aliphatic rings. The maximum Gasteiger partial charge on any atom is 0.445 e. The Morgan fingerprint density at radius 2 is 1.23 bits per heavy atom. The minimum absolute atomic E-state index is 0.217. The van der Waals surface area contributed by atoms with Crippen molar-refractivity contribution in [2.24, 2.45) is 0 Å². The maximum atomic E-state index is 11.7. The molecule has 0 bridgehead atoms. The van der Waals surface area contributed by atoms with E-state index in [9.17, 15) is 22.8 Å². The fourth-order valence-corrected chi connectivity index (χ4v) is 2.41. The number of amides is 1. The minimum atomic E-state index is -4.82. The van der Waals surface area contributed by atoms with Gasteiger partial charge < -0.3 is 9.47 Å². The summed E-state index contributed by atoms with van der Waals surface area (Å²) in [5, 5.41) is -1.68. The second-order valence-corrected chi connectivity index (χ2v) is 6.56. The van der Waals surface area contributed by atoms with E-state index < -0.39 is 27.2 Å². The van der Waals surface area contributed by atoms with Gasteiger partial charge in [0.1, 0.15) is 13.2 Å². The Hall–Kier alpha value is -3.20. The van der Waals surface area contributed by atoms with Gasteiger partial charge in [-0.3, -0.25) is 4.79 Å². The van der Waals surface area contributed by atoms with Crippen LogP contribution in [0.3, 0.4) is 0 Å². The highest BCUT2D eigenvalue weighted by atomic mass is 32.2. The molecule has 0 aliphatic heterocycles. The van der Waals surface area contributed by atoms with Gasteiger partial charge in [-0.2, -0.15) is 8.42 Å². The number of benzene rings is 2. The van der Waals surface area contributed by atoms with Crippen molar-refractivity contribution in [1.82, 2.24) is 4.72 Å². The summed E-state index contributed by atoms with van der Waals surface area (Å²) in [6, 6.07) is 16.8. The Bertz CT molecular complexity index is 880. The molecule has 1 amide bonds. The summed E-state index contributed by atoms with van der Waals surface area (Å²) in [6.45, 7) is -0.515. The third kappa shape index (κ3) is 5.71. The van der Waals surface area contributed by atoms with E-state index in [1.54, 1.807) is 60.7 Å². The van der Waals surface area contributed by atoms with Crippen molar-refractivity contribution in [3.63, 3.8) is 0 Å². The first kappa shape index (κ1) is 19.1. The number of ether oxygens (including phenoxy) is 2. The molecule has 0 saturated carbocycles. The molecule has 136 valence electrons. The van der Waals surface area contributed by atoms with E-state index in [0.29, 0.717) is 11.1 Å². The number of nitrogens with one attached hydrogen (secondary N) is 1. The van der Waals surface area contributed by atoms with Crippen molar-refractivity contribution in [3.8, 4) is 0 Å². The molecule has 0 fully saturated rings. The predicted molar refractivity (Wildman–Crippen MR) is 89.9 cm³/mol. The van der Waals surface area contributed by atoms with Gasteiger partial charge >= 0.3 is 27.2 Å². The Morgan fingerprint density at radius 1 is 0.769 bits per heavy atom. The summed E-state index contributed by atoms with van der Waals surface area (Å²) in [4.78, 5) is 34.7. The third-order valence-electron chi connectivity index (χ3n) is 3.04. The van der Waals surface area contributed by atoms with Crippen LogP contribution in [0.5, 0.6) is 0 Å². The summed E-state index contributed by atoms with van der Waals surface area (Å²) in [7, 11) is -4.82. The van der Waals surface area contributed by atoms with Crippen LogP contribution in [-0.2, 0) is 42.3 Å². The van der Waals surface area contributed by atoms with E-state index in [1.165, 1.54) is 4.72 Å². The van der Waals surface area contributed by atoms with Crippen molar-refractivity contribution in [3.05, 3.63) is 71.8 Å². The first-order chi connectivity index (χ1) is 12.4. The number of carbonyl (C=O) groups is 3. The van der Waals surface area contributed by atoms with E-state index in [0.717, 1.165) is 0 Å². The monoisotopic (exact) mass is 377 g/mol. The first-order valence-electron chi connectivity index (χ1n) is 7.37. The van der Waals surface area contributed by atoms with Crippen LogP contribution in [0, 0.1) is 0 Å². The summed E-state index contributed by atoms with van der Waals surface area (Å²) in [5.74, 6) is -3.02. The summed E-state index contributed by atoms with van der Waals surface area (Å²) in [6.07, 6.45) is 0. The highest BCUT2D eigenvalue weighted by Gasteiger charge is 2.30. The molecule has 0 radical (unpaired) electrons. The molecule has 26 heavy (non-hydrogen) atoms. The lowest BCUT2D eigenvalue weighted by Gasteiger charge is -2.07. The molecule has 0 atom stereocenters. The fourth-order valence-electron chi connectivity index (χ4n) is 1.79. The number of hydrogen-bond acceptors (Lipinski definition) is 7. The molecule has 0 spiro atoms. The summed E-state index contributed by atoms with van der Waals surface area (Å²) >= 11 is 0. The van der Waals surface area contributed by atoms with Crippen molar-refractivity contribution in [2.75, 3.05) is 0 Å². The largest absolute Gasteiger partial charge is 0.454 e. The molecule has 2 rings (SSSR count). The second kappa shape index (κ2) is 8.77. The van der Waals surface area contributed by atoms with Gasteiger partial charge in [0.2, 0.25) is 0 Å². The quantitative estimate of drug-likeness (QED) is 0.634. The van der Waals surface area contributed by atoms with Crippen molar-refractivity contribution < 1.29 is 32.3 Å². The highest BCUT2D eigenvalue weighted by Crippen LogP contribution is 2.04. The zero-order chi connectivity index (χ0) is 19.0. The van der Waals surface area contributed by atoms with Gasteiger partial charge in [-0.25, -0.2) is 14.3 Å². The van der Waals surface area contributed by atoms with Crippen LogP contribution >= 0.6 is 0 Å². The standard InChI is InChI=1S/C17H15NO7S/c19-15(16(20)24-11-13-7-3-1-4-8-13)18-26(22,23)17(21)25-12-14-9-5-2-6-10-14/h1-10H,11-12H2,(H,18,19). The lowest BCUT2D eigenvalue weighted by molar-refractivity contribution is -0.155. The number of hydrogen-bond donors (Lipinski definition) is 1. The topological polar surface area (TPSA) is 116 Å². The average Bonchev–Trinajstić information content (AvgIpc) is 2.65. The average molecular weight is 377 g/mol. The van der Waals surface area contributed by atoms with Crippen LogP contribution in [0.2, 0.25) is 0 Å². The van der Waals surface area contributed by atoms with Crippen LogP contribution in [-0.4, -0.2) is 25.6 Å². The Morgan fingerprint density at radius 3 is 1.73 bits per heavy atom. The van der Waals surface area contributed by atoms with E-state index in [-0.39, 0.29) is 13.2 Å². The van der Waals surface area contributed by atoms with Gasteiger partial charge in [-0.15, -0.1) is 0 Å². The molecule has 8 nitrogen and oxygen atoms in total. The van der Waals surface area contributed by atoms with Crippen molar-refractivity contribution >= 4 is 27.2 Å². The highest BCUT2D eigenvalue weighted by molar-refractivity contribution is 8.04. The molecule has 0 aliphatic carbocycles. The third-order valence-corrected chi connectivity index (χ3v) is 4.05. The van der Waals surface area contributed by atoms with Crippen LogP contribution in [0.4, 0.5) is 4.79 Å². The minimum Gasteiger partial charge on any atom is -0.454 e. The van der Waals surface area contributed by atoms with Gasteiger partial charge in [-0.05, 0) is 11.1 Å². The van der Waals surface area contributed by atoms with Crippen molar-refractivity contribution in [2.45, 2.75) is 13.2 Å². The first-order valence-corrected chi connectivity index (χ1v) is 8.85. The second-order valence-electron chi connectivity index (χ2n) is 5.02. The molecule has 2 aromatic rings. The normalized spacial score (nSPS) is 10.6. The molecule has 0 heterocycles. The van der Waals surface area contributed by atoms with Gasteiger partial charge in [0.15, 0.2) is 0 Å². The Balaban J connectivity index is 1.85. The maximum absolute atomic E-state index is 11.7. The molecular formula is C17H15NO7S. The lowest BCUT2D eigenvalue weighted by Crippen LogP contribution is -2.40. The number of carbonyl (C=O) groups excluding carboxylic acids is 3. The summed E-state index contributed by atoms with van der Waals surface area (Å²) < 4.78 is 34.1. The smallest absolute Gasteiger partial charge is 0.445 e. The molecule has 0 saturated heterocycles. The van der Waals surface area contributed by atoms with E-state index in [4.69, 9.17) is 0 Å². The molecule has 1 N–H and O–H groups in total. The SMILES string of the molecule is O=C(NS(=O)(=O)C(=O)OCc1ccccc1)C(=O)OCc1ccccc1. The summed E-state index contributed by atoms with van der Waals surface area (Å²) in [5.41, 5.74) is 1.17. The fraction of sp³-hybridized carbons (Fsp3) is 0.118. The van der Waals surface area contributed by atoms with Crippen LogP contribution < -0.4 is 4.72 Å². The molecule has 9 heteroatoms. The van der Waals surface area contributed by atoms with E-state index >= 15 is 0 Å². The molecular weight excluding hydrogens is 362 g/mol. The van der Waals surface area contributed by atoms with Gasteiger partial charge in [0.05, 0.1) is 0 Å². The Kier molecular flexibility index (Phi) is 6.45. The van der Waals surface area contributed by atoms with Crippen molar-refractivity contribution in [1.29, 1.82) is 0 Å². The van der Waals surface area contributed by atoms with Crippen LogP contribution in [0.15, 0.2) is 60.7 Å². The predicted octanol–water partition coefficient (Wildman–Crippen LogP) is 1.51. The zero-order valence-electron chi connectivity index (χ0n) is 13.5. The van der Waals surface area contributed by atoms with E-state index in [1.807, 2.05) is 0 Å². The van der Waals surface area contributed by atoms with E-state index in [2.05, 4.69) is 9.47 Å². The lowest BCUT2D eigenvalue weighted by atomic mass is 10.2. The number of sulfonamides is 1. The van der Waals surface area contributed by atoms with Gasteiger partial charge in [0.25, 0.3) is 0 Å². The van der Waals surface area contributed by atoms with Crippen LogP contribution in [0.25, 0.3) is 0 Å².